The van der Waals surface area contributed by atoms with Crippen LogP contribution in [0.2, 0.25) is 0 Å². The van der Waals surface area contributed by atoms with Gasteiger partial charge in [-0.3, -0.25) is 0 Å². The predicted octanol–water partition coefficient (Wildman–Crippen LogP) is 3.32. The lowest BCUT2D eigenvalue weighted by Crippen LogP contribution is -2.29. The Morgan fingerprint density at radius 3 is 2.14 bits per heavy atom. The molecule has 0 fully saturated rings. The monoisotopic (exact) mass is 390 g/mol. The molecule has 0 aliphatic heterocycles. The van der Waals surface area contributed by atoms with Crippen LogP contribution in [0.1, 0.15) is 21.5 Å². The number of benzene rings is 3. The normalized spacial score (nSPS) is 10.9. The van der Waals surface area contributed by atoms with Gasteiger partial charge in [-0.1, -0.05) is 12.1 Å². The minimum absolute atomic E-state index is 0.157. The van der Waals surface area contributed by atoms with Crippen molar-refractivity contribution in [3.05, 3.63) is 77.4 Å². The summed E-state index contributed by atoms with van der Waals surface area (Å²) in [6, 6.07) is 15.6. The van der Waals surface area contributed by atoms with Gasteiger partial charge < -0.3 is 19.9 Å². The predicted molar refractivity (Wildman–Crippen MR) is 109 cm³/mol. The van der Waals surface area contributed by atoms with Crippen LogP contribution in [-0.2, 0) is 0 Å². The van der Waals surface area contributed by atoms with Crippen molar-refractivity contribution < 1.29 is 24.7 Å². The Balaban J connectivity index is 1.76. The number of azo groups is 1. The van der Waals surface area contributed by atoms with E-state index in [2.05, 4.69) is 10.2 Å². The molecule has 8 heteroatoms. The molecule has 0 unspecified atom stereocenters. The smallest absolute Gasteiger partial charge is 0.488 e. The molecule has 7 nitrogen and oxygen atoms in total. The van der Waals surface area contributed by atoms with E-state index in [9.17, 15) is 9.90 Å². The second-order valence-corrected chi connectivity index (χ2v) is 6.43. The lowest BCUT2D eigenvalue weighted by molar-refractivity contribution is 0.0733. The summed E-state index contributed by atoms with van der Waals surface area (Å²) in [6.45, 7) is 3.68. The molecule has 0 heterocycles. The lowest BCUT2D eigenvalue weighted by atomic mass is 9.80. The summed E-state index contributed by atoms with van der Waals surface area (Å²) in [6.07, 6.45) is 0. The zero-order valence-electron chi connectivity index (χ0n) is 15.9. The molecule has 29 heavy (non-hydrogen) atoms. The third kappa shape index (κ3) is 4.87. The van der Waals surface area contributed by atoms with Crippen molar-refractivity contribution in [2.75, 3.05) is 0 Å². The van der Waals surface area contributed by atoms with E-state index in [0.717, 1.165) is 11.1 Å². The topological polar surface area (TPSA) is 112 Å². The summed E-state index contributed by atoms with van der Waals surface area (Å²) in [5.74, 6) is 0.0108. The highest BCUT2D eigenvalue weighted by molar-refractivity contribution is 6.58. The number of nitrogens with zero attached hydrogens (tertiary/aromatic N) is 2. The first-order chi connectivity index (χ1) is 13.8. The number of phenolic OH excluding ortho intramolecular Hbond substituents is 1. The van der Waals surface area contributed by atoms with Crippen LogP contribution in [-0.4, -0.2) is 28.2 Å². The van der Waals surface area contributed by atoms with Gasteiger partial charge in [0, 0.05) is 0 Å². The fourth-order valence-electron chi connectivity index (χ4n) is 2.58. The lowest BCUT2D eigenvalue weighted by Gasteiger charge is -2.11. The molecule has 3 N–H and O–H groups in total. The van der Waals surface area contributed by atoms with E-state index in [0.29, 0.717) is 22.7 Å². The Labute approximate surface area is 168 Å². The SMILES string of the molecule is Cc1c(N=Nc2ccc(O)cc2)ccc(OC(=O)c2ccc(B(O)O)cc2)c1C. The number of carbonyl (C=O) groups excluding carboxylic acids is 1. The number of aromatic hydroxyl groups is 1. The van der Waals surface area contributed by atoms with Crippen molar-refractivity contribution in [1.29, 1.82) is 0 Å². The molecule has 0 radical (unpaired) electrons. The van der Waals surface area contributed by atoms with Crippen molar-refractivity contribution >= 4 is 29.9 Å². The van der Waals surface area contributed by atoms with E-state index in [4.69, 9.17) is 14.8 Å². The quantitative estimate of drug-likeness (QED) is 0.268. The van der Waals surface area contributed by atoms with Gasteiger partial charge in [-0.2, -0.15) is 10.2 Å². The molecule has 0 atom stereocenters. The Morgan fingerprint density at radius 1 is 0.862 bits per heavy atom. The van der Waals surface area contributed by atoms with Crippen molar-refractivity contribution in [1.82, 2.24) is 0 Å². The number of rotatable bonds is 5. The van der Waals surface area contributed by atoms with Gasteiger partial charge in [0.05, 0.1) is 16.9 Å². The molecule has 0 bridgehead atoms. The fraction of sp³-hybridized carbons (Fsp3) is 0.0952. The fourth-order valence-corrected chi connectivity index (χ4v) is 2.58. The van der Waals surface area contributed by atoms with Crippen LogP contribution in [0.15, 0.2) is 70.9 Å². The highest BCUT2D eigenvalue weighted by atomic mass is 16.5. The molecule has 0 aliphatic carbocycles. The maximum absolute atomic E-state index is 12.4. The van der Waals surface area contributed by atoms with Gasteiger partial charge in [0.15, 0.2) is 0 Å². The van der Waals surface area contributed by atoms with Gasteiger partial charge in [0.2, 0.25) is 0 Å². The second kappa shape index (κ2) is 8.68. The van der Waals surface area contributed by atoms with Crippen LogP contribution in [0.4, 0.5) is 11.4 Å². The maximum atomic E-state index is 12.4. The maximum Gasteiger partial charge on any atom is 0.488 e. The molecule has 0 aromatic heterocycles. The molecule has 0 amide bonds. The zero-order valence-corrected chi connectivity index (χ0v) is 15.9. The number of ether oxygens (including phenoxy) is 1. The minimum atomic E-state index is -1.59. The van der Waals surface area contributed by atoms with Crippen molar-refractivity contribution in [3.8, 4) is 11.5 Å². The largest absolute Gasteiger partial charge is 0.508 e. The zero-order chi connectivity index (χ0) is 21.0. The summed E-state index contributed by atoms with van der Waals surface area (Å²) in [7, 11) is -1.59. The second-order valence-electron chi connectivity index (χ2n) is 6.43. The van der Waals surface area contributed by atoms with Crippen LogP contribution in [0.3, 0.4) is 0 Å². The summed E-state index contributed by atoms with van der Waals surface area (Å²) >= 11 is 0. The van der Waals surface area contributed by atoms with Crippen LogP contribution in [0.25, 0.3) is 0 Å². The van der Waals surface area contributed by atoms with Gasteiger partial charge in [0.1, 0.15) is 11.5 Å². The standard InChI is InChI=1S/C21H19BN2O5/c1-13-14(2)20(29-21(26)15-3-5-16(6-4-15)22(27)28)12-11-19(13)24-23-17-7-9-18(25)10-8-17/h3-12,25,27-28H,1-2H3. The van der Waals surface area contributed by atoms with Gasteiger partial charge in [-0.15, -0.1) is 0 Å². The van der Waals surface area contributed by atoms with Crippen LogP contribution < -0.4 is 10.2 Å². The Kier molecular flexibility index (Phi) is 6.06. The molecule has 0 aliphatic rings. The van der Waals surface area contributed by atoms with Gasteiger partial charge in [-0.25, -0.2) is 4.79 Å². The van der Waals surface area contributed by atoms with E-state index < -0.39 is 13.1 Å². The van der Waals surface area contributed by atoms with Crippen LogP contribution in [0.5, 0.6) is 11.5 Å². The number of carbonyl (C=O) groups is 1. The first-order valence-electron chi connectivity index (χ1n) is 8.84. The Hall–Kier alpha value is -3.49. The molecular formula is C21H19BN2O5. The molecule has 3 aromatic rings. The Bertz CT molecular complexity index is 1050. The third-order valence-corrected chi connectivity index (χ3v) is 4.48. The van der Waals surface area contributed by atoms with Crippen molar-refractivity contribution in [3.63, 3.8) is 0 Å². The van der Waals surface area contributed by atoms with Gasteiger partial charge >= 0.3 is 13.1 Å². The highest BCUT2D eigenvalue weighted by Gasteiger charge is 2.15. The molecule has 0 spiro atoms. The first-order valence-corrected chi connectivity index (χ1v) is 8.84. The minimum Gasteiger partial charge on any atom is -0.508 e. The first kappa shape index (κ1) is 20.3. The Morgan fingerprint density at radius 2 is 1.52 bits per heavy atom. The average Bonchev–Trinajstić information content (AvgIpc) is 2.72. The van der Waals surface area contributed by atoms with E-state index in [1.165, 1.54) is 36.4 Å². The van der Waals surface area contributed by atoms with Crippen LogP contribution >= 0.6 is 0 Å². The number of hydrogen-bond donors (Lipinski definition) is 3. The summed E-state index contributed by atoms with van der Waals surface area (Å²) in [5.41, 5.74) is 3.39. The molecule has 0 saturated heterocycles. The molecule has 3 rings (SSSR count). The van der Waals surface area contributed by atoms with Crippen molar-refractivity contribution in [2.24, 2.45) is 10.2 Å². The summed E-state index contributed by atoms with van der Waals surface area (Å²) in [5, 5.41) is 35.9. The highest BCUT2D eigenvalue weighted by Crippen LogP contribution is 2.31. The average molecular weight is 390 g/mol. The molecule has 0 saturated carbocycles. The van der Waals surface area contributed by atoms with E-state index in [1.54, 1.807) is 24.3 Å². The number of hydrogen-bond acceptors (Lipinski definition) is 7. The van der Waals surface area contributed by atoms with E-state index in [-0.39, 0.29) is 11.2 Å². The summed E-state index contributed by atoms with van der Waals surface area (Å²) in [4.78, 5) is 12.4. The van der Waals surface area contributed by atoms with Gasteiger partial charge in [-0.05, 0) is 79.0 Å². The molecule has 146 valence electrons. The third-order valence-electron chi connectivity index (χ3n) is 4.48. The number of esters is 1. The number of phenols is 1. The molecular weight excluding hydrogens is 371 g/mol. The van der Waals surface area contributed by atoms with E-state index in [1.807, 2.05) is 13.8 Å². The molecule has 3 aromatic carbocycles. The van der Waals surface area contributed by atoms with Gasteiger partial charge in [0.25, 0.3) is 0 Å². The van der Waals surface area contributed by atoms with E-state index >= 15 is 0 Å². The van der Waals surface area contributed by atoms with Crippen LogP contribution in [0, 0.1) is 13.8 Å². The van der Waals surface area contributed by atoms with Crippen molar-refractivity contribution in [2.45, 2.75) is 13.8 Å². The summed E-state index contributed by atoms with van der Waals surface area (Å²) < 4.78 is 5.48.